The molecule has 0 unspecified atom stereocenters. The second-order valence-corrected chi connectivity index (χ2v) is 7.21. The van der Waals surface area contributed by atoms with Gasteiger partial charge in [0.2, 0.25) is 0 Å². The number of carbonyl (C=O) groups is 1. The van der Waals surface area contributed by atoms with Gasteiger partial charge in [0.15, 0.2) is 5.11 Å². The van der Waals surface area contributed by atoms with E-state index in [1.807, 2.05) is 25.1 Å². The molecule has 0 bridgehead atoms. The minimum atomic E-state index is -0.325. The summed E-state index contributed by atoms with van der Waals surface area (Å²) in [6, 6.07) is 15.5. The Balaban J connectivity index is 1.83. The predicted molar refractivity (Wildman–Crippen MR) is 107 cm³/mol. The number of nitrogens with one attached hydrogen (secondary N) is 2. The van der Waals surface area contributed by atoms with E-state index in [4.69, 9.17) is 23.8 Å². The van der Waals surface area contributed by atoms with Crippen molar-refractivity contribution in [3.63, 3.8) is 0 Å². The molecule has 0 aromatic heterocycles. The summed E-state index contributed by atoms with van der Waals surface area (Å²) < 4.78 is 0.784. The standard InChI is InChI=1S/C18H18BrClN2OS/c1-12(7-8-13-5-3-2-4-6-13)21-18(24)22-17(23)15-11-14(19)9-10-16(15)20/h2-6,9-12H,7-8H2,1H3,(H2,21,22,23,24)/t12-/m0/s1. The highest BCUT2D eigenvalue weighted by atomic mass is 79.9. The third-order valence-electron chi connectivity index (χ3n) is 3.49. The number of halogens is 2. The third-order valence-corrected chi connectivity index (χ3v) is 4.53. The number of carbonyl (C=O) groups excluding carboxylic acids is 1. The van der Waals surface area contributed by atoms with Crippen molar-refractivity contribution in [2.24, 2.45) is 0 Å². The number of amides is 1. The van der Waals surface area contributed by atoms with E-state index in [2.05, 4.69) is 38.7 Å². The van der Waals surface area contributed by atoms with E-state index in [0.717, 1.165) is 17.3 Å². The molecule has 0 aliphatic carbocycles. The fraction of sp³-hybridized carbons (Fsp3) is 0.222. The topological polar surface area (TPSA) is 41.1 Å². The van der Waals surface area contributed by atoms with Crippen LogP contribution in [0.1, 0.15) is 29.3 Å². The zero-order valence-corrected chi connectivity index (χ0v) is 16.3. The number of hydrogen-bond acceptors (Lipinski definition) is 2. The minimum Gasteiger partial charge on any atom is -0.360 e. The molecule has 2 aromatic carbocycles. The molecule has 2 rings (SSSR count). The van der Waals surface area contributed by atoms with Crippen LogP contribution in [0.2, 0.25) is 5.02 Å². The van der Waals surface area contributed by atoms with Gasteiger partial charge in [0.1, 0.15) is 0 Å². The molecule has 0 spiro atoms. The molecule has 2 aromatic rings. The summed E-state index contributed by atoms with van der Waals surface area (Å²) in [6.07, 6.45) is 1.86. The van der Waals surface area contributed by atoms with Crippen molar-refractivity contribution in [3.05, 3.63) is 69.2 Å². The Labute approximate surface area is 160 Å². The monoisotopic (exact) mass is 424 g/mol. The molecule has 1 amide bonds. The normalized spacial score (nSPS) is 11.6. The fourth-order valence-electron chi connectivity index (χ4n) is 2.20. The molecule has 0 saturated carbocycles. The first-order valence-electron chi connectivity index (χ1n) is 7.56. The number of rotatable bonds is 5. The van der Waals surface area contributed by atoms with Crippen molar-refractivity contribution >= 4 is 50.8 Å². The first-order chi connectivity index (χ1) is 11.5. The Kier molecular flexibility index (Phi) is 7.21. The Hall–Kier alpha value is -1.43. The van der Waals surface area contributed by atoms with Crippen molar-refractivity contribution in [3.8, 4) is 0 Å². The van der Waals surface area contributed by atoms with Crippen LogP contribution in [-0.4, -0.2) is 17.1 Å². The van der Waals surface area contributed by atoms with Gasteiger partial charge in [0.05, 0.1) is 10.6 Å². The van der Waals surface area contributed by atoms with E-state index in [1.54, 1.807) is 18.2 Å². The summed E-state index contributed by atoms with van der Waals surface area (Å²) >= 11 is 14.6. The van der Waals surface area contributed by atoms with Crippen molar-refractivity contribution in [1.29, 1.82) is 0 Å². The van der Waals surface area contributed by atoms with Crippen LogP contribution in [0, 0.1) is 0 Å². The summed E-state index contributed by atoms with van der Waals surface area (Å²) in [5, 5.41) is 6.49. The van der Waals surface area contributed by atoms with E-state index >= 15 is 0 Å². The van der Waals surface area contributed by atoms with Crippen LogP contribution in [0.4, 0.5) is 0 Å². The summed E-state index contributed by atoms with van der Waals surface area (Å²) in [6.45, 7) is 2.04. The van der Waals surface area contributed by atoms with Crippen molar-refractivity contribution in [2.45, 2.75) is 25.8 Å². The molecule has 2 N–H and O–H groups in total. The van der Waals surface area contributed by atoms with Crippen LogP contribution in [0.15, 0.2) is 53.0 Å². The van der Waals surface area contributed by atoms with Gasteiger partial charge in [-0.2, -0.15) is 0 Å². The third kappa shape index (κ3) is 5.89. The zero-order chi connectivity index (χ0) is 17.5. The summed E-state index contributed by atoms with van der Waals surface area (Å²) in [7, 11) is 0. The summed E-state index contributed by atoms with van der Waals surface area (Å²) in [5.74, 6) is -0.325. The highest BCUT2D eigenvalue weighted by Crippen LogP contribution is 2.20. The molecular formula is C18H18BrClN2OS. The molecule has 0 heterocycles. The molecule has 24 heavy (non-hydrogen) atoms. The molecule has 126 valence electrons. The van der Waals surface area contributed by atoms with E-state index in [9.17, 15) is 4.79 Å². The van der Waals surface area contributed by atoms with Crippen LogP contribution >= 0.6 is 39.7 Å². The van der Waals surface area contributed by atoms with E-state index in [1.165, 1.54) is 5.56 Å². The maximum Gasteiger partial charge on any atom is 0.258 e. The average Bonchev–Trinajstić information content (AvgIpc) is 2.56. The van der Waals surface area contributed by atoms with Gasteiger partial charge >= 0.3 is 0 Å². The van der Waals surface area contributed by atoms with E-state index < -0.39 is 0 Å². The lowest BCUT2D eigenvalue weighted by molar-refractivity contribution is 0.0976. The average molecular weight is 426 g/mol. The zero-order valence-electron chi connectivity index (χ0n) is 13.2. The summed E-state index contributed by atoms with van der Waals surface area (Å²) in [4.78, 5) is 12.2. The molecule has 0 saturated heterocycles. The summed E-state index contributed by atoms with van der Waals surface area (Å²) in [5.41, 5.74) is 1.66. The Morgan fingerprint density at radius 3 is 2.67 bits per heavy atom. The maximum atomic E-state index is 12.2. The maximum absolute atomic E-state index is 12.2. The Bertz CT molecular complexity index is 724. The van der Waals surface area contributed by atoms with Crippen molar-refractivity contribution in [1.82, 2.24) is 10.6 Å². The van der Waals surface area contributed by atoms with Gasteiger partial charge in [-0.25, -0.2) is 0 Å². The lowest BCUT2D eigenvalue weighted by Gasteiger charge is -2.16. The van der Waals surface area contributed by atoms with E-state index in [-0.39, 0.29) is 11.9 Å². The molecule has 0 aliphatic heterocycles. The molecule has 0 radical (unpaired) electrons. The predicted octanol–water partition coefficient (Wildman–Crippen LogP) is 4.73. The lowest BCUT2D eigenvalue weighted by Crippen LogP contribution is -2.43. The van der Waals surface area contributed by atoms with Gasteiger partial charge in [-0.05, 0) is 55.7 Å². The minimum absolute atomic E-state index is 0.149. The van der Waals surface area contributed by atoms with Crippen molar-refractivity contribution in [2.75, 3.05) is 0 Å². The second-order valence-electron chi connectivity index (χ2n) is 5.48. The molecular weight excluding hydrogens is 408 g/mol. The van der Waals surface area contributed by atoms with Crippen LogP contribution in [0.5, 0.6) is 0 Å². The molecule has 6 heteroatoms. The fourth-order valence-corrected chi connectivity index (χ4v) is 3.06. The van der Waals surface area contributed by atoms with Crippen LogP contribution < -0.4 is 10.6 Å². The lowest BCUT2D eigenvalue weighted by atomic mass is 10.1. The number of aryl methyl sites for hydroxylation is 1. The van der Waals surface area contributed by atoms with Crippen molar-refractivity contribution < 1.29 is 4.79 Å². The van der Waals surface area contributed by atoms with Gasteiger partial charge in [0.25, 0.3) is 5.91 Å². The number of benzene rings is 2. The SMILES string of the molecule is C[C@@H](CCc1ccccc1)NC(=S)NC(=O)c1cc(Br)ccc1Cl. The van der Waals surface area contributed by atoms with Gasteiger partial charge < -0.3 is 5.32 Å². The molecule has 3 nitrogen and oxygen atoms in total. The molecule has 0 fully saturated rings. The van der Waals surface area contributed by atoms with Gasteiger partial charge in [-0.15, -0.1) is 0 Å². The highest BCUT2D eigenvalue weighted by Gasteiger charge is 2.13. The van der Waals surface area contributed by atoms with Crippen LogP contribution in [0.25, 0.3) is 0 Å². The van der Waals surface area contributed by atoms with Crippen LogP contribution in [-0.2, 0) is 6.42 Å². The van der Waals surface area contributed by atoms with Gasteiger partial charge in [-0.1, -0.05) is 57.9 Å². The molecule has 1 atom stereocenters. The highest BCUT2D eigenvalue weighted by molar-refractivity contribution is 9.10. The number of thiocarbonyl (C=S) groups is 1. The first-order valence-corrected chi connectivity index (χ1v) is 9.14. The Morgan fingerprint density at radius 2 is 1.96 bits per heavy atom. The number of hydrogen-bond donors (Lipinski definition) is 2. The second kappa shape index (κ2) is 9.16. The Morgan fingerprint density at radius 1 is 1.25 bits per heavy atom. The van der Waals surface area contributed by atoms with Crippen LogP contribution in [0.3, 0.4) is 0 Å². The van der Waals surface area contributed by atoms with Gasteiger partial charge in [-0.3, -0.25) is 10.1 Å². The van der Waals surface area contributed by atoms with E-state index in [0.29, 0.717) is 15.7 Å². The first kappa shape index (κ1) is 18.9. The smallest absolute Gasteiger partial charge is 0.258 e. The van der Waals surface area contributed by atoms with Gasteiger partial charge in [0, 0.05) is 10.5 Å². The quantitative estimate of drug-likeness (QED) is 0.681. The largest absolute Gasteiger partial charge is 0.360 e. The molecule has 0 aliphatic rings.